The molecule has 0 saturated heterocycles. The van der Waals surface area contributed by atoms with Crippen LogP contribution in [0.2, 0.25) is 0 Å². The van der Waals surface area contributed by atoms with E-state index in [4.69, 9.17) is 15.2 Å². The Kier molecular flexibility index (Phi) is 6.88. The molecule has 4 aromatic rings. The largest absolute Gasteiger partial charge is 0.496 e. The molecule has 0 aliphatic heterocycles. The van der Waals surface area contributed by atoms with E-state index in [0.29, 0.717) is 61.6 Å². The first-order valence-electron chi connectivity index (χ1n) is 12.6. The molecule has 5 rings (SSSR count). The summed E-state index contributed by atoms with van der Waals surface area (Å²) in [4.78, 5) is 29.0. The van der Waals surface area contributed by atoms with Crippen LogP contribution in [0.3, 0.4) is 0 Å². The number of hydrogen-bond donors (Lipinski definition) is 3. The highest BCUT2D eigenvalue weighted by atomic mass is 16.5. The third kappa shape index (κ3) is 4.58. The van der Waals surface area contributed by atoms with Crippen molar-refractivity contribution in [3.63, 3.8) is 0 Å². The van der Waals surface area contributed by atoms with Gasteiger partial charge in [-0.2, -0.15) is 5.26 Å². The van der Waals surface area contributed by atoms with E-state index in [1.54, 1.807) is 24.3 Å². The molecular weight excluding hydrogens is 508 g/mol. The summed E-state index contributed by atoms with van der Waals surface area (Å²) in [5, 5.41) is 16.2. The summed E-state index contributed by atoms with van der Waals surface area (Å²) in [5.74, 6) is 0.572. The maximum Gasteiger partial charge on any atom is 0.255 e. The number of benzene rings is 2. The Morgan fingerprint density at radius 2 is 1.93 bits per heavy atom. The van der Waals surface area contributed by atoms with Crippen LogP contribution < -0.4 is 25.8 Å². The summed E-state index contributed by atoms with van der Waals surface area (Å²) >= 11 is 0. The summed E-state index contributed by atoms with van der Waals surface area (Å²) in [5.41, 5.74) is 11.1. The number of ether oxygens (including phenoxy) is 2. The Balaban J connectivity index is 1.78. The molecule has 202 valence electrons. The molecule has 1 fully saturated rings. The van der Waals surface area contributed by atoms with Gasteiger partial charge in [0.05, 0.1) is 41.9 Å². The van der Waals surface area contributed by atoms with Gasteiger partial charge in [0.25, 0.3) is 5.91 Å². The lowest BCUT2D eigenvalue weighted by Gasteiger charge is -2.16. The van der Waals surface area contributed by atoms with Crippen molar-refractivity contribution in [2.75, 3.05) is 25.3 Å². The highest BCUT2D eigenvalue weighted by molar-refractivity contribution is 6.12. The van der Waals surface area contributed by atoms with Gasteiger partial charge in [0.15, 0.2) is 0 Å². The van der Waals surface area contributed by atoms with Crippen LogP contribution in [0.4, 0.5) is 11.5 Å². The van der Waals surface area contributed by atoms with Crippen molar-refractivity contribution in [1.82, 2.24) is 14.9 Å². The van der Waals surface area contributed by atoms with Gasteiger partial charge >= 0.3 is 0 Å². The normalized spacial score (nSPS) is 12.4. The molecule has 2 heterocycles. The molecule has 1 saturated carbocycles. The molecule has 10 heteroatoms. The Labute approximate surface area is 231 Å². The first-order chi connectivity index (χ1) is 19.3. The number of pyridine rings is 1. The van der Waals surface area contributed by atoms with Crippen molar-refractivity contribution in [2.45, 2.75) is 18.9 Å². The van der Waals surface area contributed by atoms with Gasteiger partial charge in [-0.15, -0.1) is 0 Å². The molecule has 10 nitrogen and oxygen atoms in total. The van der Waals surface area contributed by atoms with E-state index in [1.807, 2.05) is 23.7 Å². The number of carbonyl (C=O) groups is 2. The van der Waals surface area contributed by atoms with Crippen molar-refractivity contribution in [1.29, 1.82) is 5.26 Å². The Morgan fingerprint density at radius 1 is 1.18 bits per heavy atom. The number of nitrogens with two attached hydrogens (primary N) is 1. The van der Waals surface area contributed by atoms with Crippen LogP contribution in [0.25, 0.3) is 33.3 Å². The zero-order valence-electron chi connectivity index (χ0n) is 22.4. The second-order valence-corrected chi connectivity index (χ2v) is 9.45. The highest BCUT2D eigenvalue weighted by Gasteiger charge is 2.28. The molecular formula is C30H28N6O4. The van der Waals surface area contributed by atoms with Gasteiger partial charge in [0.1, 0.15) is 23.4 Å². The number of methoxy groups -OCH3 is 2. The van der Waals surface area contributed by atoms with Crippen molar-refractivity contribution in [3.8, 4) is 40.0 Å². The number of fused-ring (bicyclic) bond motifs is 1. The van der Waals surface area contributed by atoms with Crippen LogP contribution in [0.1, 0.15) is 28.8 Å². The van der Waals surface area contributed by atoms with E-state index >= 15 is 0 Å². The zero-order valence-corrected chi connectivity index (χ0v) is 22.4. The molecule has 4 N–H and O–H groups in total. The van der Waals surface area contributed by atoms with Gasteiger partial charge in [-0.25, -0.2) is 4.98 Å². The number of hydrogen-bond acceptors (Lipinski definition) is 7. The lowest BCUT2D eigenvalue weighted by Crippen LogP contribution is -2.25. The number of amides is 2. The molecule has 40 heavy (non-hydrogen) atoms. The standard InChI is InChI=1S/C30H28N6O4/c1-5-24(37)34-19-9-11-20(23(13-19)40-4)28-25(26-27(36(28)2)17(14-31)15-33-29(26)32)16-6-10-21(22(12-16)39-3)30(38)35-18-7-8-18/h5-6,9-13,15,18H,1,7-8H2,2-4H3,(H2,32,33)(H,34,37)(H,35,38). The quantitative estimate of drug-likeness (QED) is 0.283. The average Bonchev–Trinajstić information content (AvgIpc) is 3.73. The zero-order chi connectivity index (χ0) is 28.6. The summed E-state index contributed by atoms with van der Waals surface area (Å²) in [6, 6.07) is 13.0. The minimum absolute atomic E-state index is 0.198. The van der Waals surface area contributed by atoms with Crippen LogP contribution in [0.15, 0.2) is 55.3 Å². The predicted molar refractivity (Wildman–Crippen MR) is 153 cm³/mol. The molecule has 0 atom stereocenters. The Hall–Kier alpha value is -5.30. The van der Waals surface area contributed by atoms with Gasteiger partial charge < -0.3 is 30.4 Å². The molecule has 0 unspecified atom stereocenters. The number of nitriles is 1. The first-order valence-corrected chi connectivity index (χ1v) is 12.6. The molecule has 0 bridgehead atoms. The van der Waals surface area contributed by atoms with Gasteiger partial charge in [0, 0.05) is 42.2 Å². The van der Waals surface area contributed by atoms with Gasteiger partial charge in [-0.3, -0.25) is 9.59 Å². The highest BCUT2D eigenvalue weighted by Crippen LogP contribution is 2.47. The fourth-order valence-corrected chi connectivity index (χ4v) is 4.87. The van der Waals surface area contributed by atoms with Gasteiger partial charge in [-0.1, -0.05) is 12.6 Å². The molecule has 2 aromatic heterocycles. The van der Waals surface area contributed by atoms with Crippen LogP contribution >= 0.6 is 0 Å². The third-order valence-electron chi connectivity index (χ3n) is 6.92. The SMILES string of the molecule is C=CC(=O)Nc1ccc(-c2c(-c3ccc(C(=O)NC4CC4)c(OC)c3)c3c(N)ncc(C#N)c3n2C)c(OC)c1. The number of anilines is 2. The van der Waals surface area contributed by atoms with Crippen molar-refractivity contribution in [2.24, 2.45) is 7.05 Å². The van der Waals surface area contributed by atoms with E-state index in [0.717, 1.165) is 12.8 Å². The average molecular weight is 537 g/mol. The fraction of sp³-hybridized carbons (Fsp3) is 0.200. The van der Waals surface area contributed by atoms with Crippen molar-refractivity contribution in [3.05, 3.63) is 66.4 Å². The maximum absolute atomic E-state index is 12.9. The van der Waals surface area contributed by atoms with E-state index < -0.39 is 0 Å². The van der Waals surface area contributed by atoms with Crippen LogP contribution in [-0.4, -0.2) is 41.6 Å². The summed E-state index contributed by atoms with van der Waals surface area (Å²) < 4.78 is 13.3. The minimum Gasteiger partial charge on any atom is -0.496 e. The van der Waals surface area contributed by atoms with Crippen molar-refractivity contribution >= 4 is 34.2 Å². The van der Waals surface area contributed by atoms with Gasteiger partial charge in [0.2, 0.25) is 5.91 Å². The van der Waals surface area contributed by atoms with E-state index in [9.17, 15) is 14.9 Å². The number of rotatable bonds is 8. The number of nitrogens with one attached hydrogen (secondary N) is 2. The molecule has 0 spiro atoms. The van der Waals surface area contributed by atoms with E-state index in [1.165, 1.54) is 26.5 Å². The number of aryl methyl sites for hydroxylation is 1. The van der Waals surface area contributed by atoms with E-state index in [-0.39, 0.29) is 23.7 Å². The summed E-state index contributed by atoms with van der Waals surface area (Å²) in [6.07, 6.45) is 4.57. The predicted octanol–water partition coefficient (Wildman–Crippen LogP) is 4.40. The van der Waals surface area contributed by atoms with Crippen LogP contribution in [-0.2, 0) is 11.8 Å². The molecule has 2 amide bonds. The lowest BCUT2D eigenvalue weighted by molar-refractivity contribution is -0.111. The number of aromatic nitrogens is 2. The van der Waals surface area contributed by atoms with Crippen LogP contribution in [0, 0.1) is 11.3 Å². The number of nitrogen functional groups attached to an aromatic ring is 1. The first kappa shape index (κ1) is 26.3. The smallest absolute Gasteiger partial charge is 0.255 e. The van der Waals surface area contributed by atoms with Crippen molar-refractivity contribution < 1.29 is 19.1 Å². The summed E-state index contributed by atoms with van der Waals surface area (Å²) in [7, 11) is 4.89. The second-order valence-electron chi connectivity index (χ2n) is 9.45. The molecule has 0 radical (unpaired) electrons. The topological polar surface area (TPSA) is 144 Å². The number of nitrogens with zero attached hydrogens (tertiary/aromatic N) is 3. The van der Waals surface area contributed by atoms with Gasteiger partial charge in [-0.05, 0) is 48.7 Å². The van der Waals surface area contributed by atoms with E-state index in [2.05, 4.69) is 28.3 Å². The molecule has 1 aliphatic rings. The summed E-state index contributed by atoms with van der Waals surface area (Å²) in [6.45, 7) is 3.49. The second kappa shape index (κ2) is 10.5. The van der Waals surface area contributed by atoms with Crippen LogP contribution in [0.5, 0.6) is 11.5 Å². The monoisotopic (exact) mass is 536 g/mol. The molecule has 2 aromatic carbocycles. The number of carbonyl (C=O) groups excluding carboxylic acids is 2. The Morgan fingerprint density at radius 3 is 2.58 bits per heavy atom. The fourth-order valence-electron chi connectivity index (χ4n) is 4.87. The minimum atomic E-state index is -0.351. The third-order valence-corrected chi connectivity index (χ3v) is 6.92. The maximum atomic E-state index is 12.9. The molecule has 1 aliphatic carbocycles. The Bertz CT molecular complexity index is 1730. The lowest BCUT2D eigenvalue weighted by atomic mass is 9.96.